The molecule has 1 N–H and O–H groups in total. The Kier molecular flexibility index (Phi) is 2.35. The summed E-state index contributed by atoms with van der Waals surface area (Å²) in [6.07, 6.45) is 3.56. The molecule has 0 radical (unpaired) electrons. The largest absolute Gasteiger partial charge is 0.480 e. The second kappa shape index (κ2) is 3.54. The van der Waals surface area contributed by atoms with Crippen LogP contribution in [0.15, 0.2) is 42.0 Å². The lowest BCUT2D eigenvalue weighted by Gasteiger charge is -2.26. The fourth-order valence-electron chi connectivity index (χ4n) is 2.37. The first kappa shape index (κ1) is 9.97. The van der Waals surface area contributed by atoms with Gasteiger partial charge in [0.25, 0.3) is 0 Å². The molecule has 0 saturated heterocycles. The maximum absolute atomic E-state index is 11.5. The Hall–Kier alpha value is -1.57. The van der Waals surface area contributed by atoms with E-state index in [2.05, 4.69) is 0 Å². The van der Waals surface area contributed by atoms with Crippen molar-refractivity contribution in [2.45, 2.75) is 25.2 Å². The predicted molar refractivity (Wildman–Crippen MR) is 58.7 cm³/mol. The minimum Gasteiger partial charge on any atom is -0.480 e. The smallest absolute Gasteiger partial charge is 0.318 e. The van der Waals surface area contributed by atoms with E-state index in [1.807, 2.05) is 43.3 Å². The van der Waals surface area contributed by atoms with Crippen LogP contribution in [0.2, 0.25) is 0 Å². The lowest BCUT2D eigenvalue weighted by atomic mass is 9.75. The minimum atomic E-state index is -0.777. The van der Waals surface area contributed by atoms with E-state index in [4.69, 9.17) is 0 Å². The zero-order valence-corrected chi connectivity index (χ0v) is 8.73. The molecule has 0 saturated carbocycles. The number of hydrogen-bond acceptors (Lipinski definition) is 1. The van der Waals surface area contributed by atoms with Crippen molar-refractivity contribution < 1.29 is 9.90 Å². The van der Waals surface area contributed by atoms with Crippen LogP contribution in [0.4, 0.5) is 0 Å². The molecule has 2 rings (SSSR count). The highest BCUT2D eigenvalue weighted by Crippen LogP contribution is 2.41. The van der Waals surface area contributed by atoms with Crippen molar-refractivity contribution in [2.75, 3.05) is 0 Å². The van der Waals surface area contributed by atoms with Crippen molar-refractivity contribution in [3.05, 3.63) is 47.5 Å². The Morgan fingerprint density at radius 3 is 2.47 bits per heavy atom. The number of benzene rings is 1. The van der Waals surface area contributed by atoms with Crippen molar-refractivity contribution in [1.82, 2.24) is 0 Å². The van der Waals surface area contributed by atoms with Crippen LogP contribution >= 0.6 is 0 Å². The van der Waals surface area contributed by atoms with E-state index in [0.717, 1.165) is 17.6 Å². The average molecular weight is 202 g/mol. The Morgan fingerprint density at radius 1 is 1.33 bits per heavy atom. The van der Waals surface area contributed by atoms with E-state index in [-0.39, 0.29) is 0 Å². The first-order chi connectivity index (χ1) is 7.18. The van der Waals surface area contributed by atoms with Gasteiger partial charge >= 0.3 is 5.97 Å². The summed E-state index contributed by atoms with van der Waals surface area (Å²) < 4.78 is 0. The van der Waals surface area contributed by atoms with E-state index >= 15 is 0 Å². The van der Waals surface area contributed by atoms with Gasteiger partial charge in [0.15, 0.2) is 0 Å². The summed E-state index contributed by atoms with van der Waals surface area (Å²) >= 11 is 0. The van der Waals surface area contributed by atoms with Gasteiger partial charge in [-0.15, -0.1) is 0 Å². The fraction of sp³-hybridized carbons (Fsp3) is 0.308. The second-order valence-electron chi connectivity index (χ2n) is 4.00. The number of allylic oxidation sites excluding steroid dienone is 1. The van der Waals surface area contributed by atoms with Crippen LogP contribution in [0.3, 0.4) is 0 Å². The number of carboxylic acid groups (broad SMARTS) is 1. The van der Waals surface area contributed by atoms with Gasteiger partial charge in [-0.25, -0.2) is 0 Å². The quantitative estimate of drug-likeness (QED) is 0.749. The summed E-state index contributed by atoms with van der Waals surface area (Å²) in [4.78, 5) is 11.5. The molecule has 0 bridgehead atoms. The highest BCUT2D eigenvalue weighted by molar-refractivity contribution is 5.86. The SMILES string of the molecule is CC1=CCC[C@]1(C(=O)O)c1ccccc1. The molecule has 2 nitrogen and oxygen atoms in total. The van der Waals surface area contributed by atoms with Gasteiger partial charge in [-0.2, -0.15) is 0 Å². The van der Waals surface area contributed by atoms with Crippen LogP contribution in [0.1, 0.15) is 25.3 Å². The third kappa shape index (κ3) is 1.37. The van der Waals surface area contributed by atoms with Crippen molar-refractivity contribution in [1.29, 1.82) is 0 Å². The molecule has 0 heterocycles. The predicted octanol–water partition coefficient (Wildman–Crippen LogP) is 2.75. The van der Waals surface area contributed by atoms with E-state index in [9.17, 15) is 9.90 Å². The molecule has 1 atom stereocenters. The maximum atomic E-state index is 11.5. The number of hydrogen-bond donors (Lipinski definition) is 1. The third-order valence-corrected chi connectivity index (χ3v) is 3.27. The van der Waals surface area contributed by atoms with Gasteiger partial charge in [0.1, 0.15) is 5.41 Å². The van der Waals surface area contributed by atoms with Crippen LogP contribution in [0, 0.1) is 0 Å². The zero-order valence-electron chi connectivity index (χ0n) is 8.73. The topological polar surface area (TPSA) is 37.3 Å². The van der Waals surface area contributed by atoms with E-state index in [1.54, 1.807) is 0 Å². The van der Waals surface area contributed by atoms with Crippen LogP contribution in [0.5, 0.6) is 0 Å². The Labute approximate surface area is 89.2 Å². The monoisotopic (exact) mass is 202 g/mol. The first-order valence-electron chi connectivity index (χ1n) is 5.14. The summed E-state index contributed by atoms with van der Waals surface area (Å²) in [5.41, 5.74) is 1.08. The fourth-order valence-corrected chi connectivity index (χ4v) is 2.37. The summed E-state index contributed by atoms with van der Waals surface area (Å²) in [6, 6.07) is 9.50. The Bertz CT molecular complexity index is 406. The summed E-state index contributed by atoms with van der Waals surface area (Å²) in [5.74, 6) is -0.736. The van der Waals surface area contributed by atoms with Gasteiger partial charge in [0, 0.05) is 0 Å². The van der Waals surface area contributed by atoms with Gasteiger partial charge in [-0.3, -0.25) is 4.79 Å². The first-order valence-corrected chi connectivity index (χ1v) is 5.14. The van der Waals surface area contributed by atoms with Crippen molar-refractivity contribution in [3.8, 4) is 0 Å². The summed E-state index contributed by atoms with van der Waals surface area (Å²) in [6.45, 7) is 1.91. The van der Waals surface area contributed by atoms with Crippen molar-refractivity contribution in [2.24, 2.45) is 0 Å². The molecular weight excluding hydrogens is 188 g/mol. The van der Waals surface area contributed by atoms with Crippen molar-refractivity contribution in [3.63, 3.8) is 0 Å². The molecule has 1 aliphatic rings. The molecule has 0 aliphatic heterocycles. The Balaban J connectivity index is 2.55. The highest BCUT2D eigenvalue weighted by atomic mass is 16.4. The number of carboxylic acids is 1. The zero-order chi connectivity index (χ0) is 10.9. The molecule has 1 aliphatic carbocycles. The van der Waals surface area contributed by atoms with Crippen LogP contribution in [0.25, 0.3) is 0 Å². The molecular formula is C13H14O2. The second-order valence-corrected chi connectivity index (χ2v) is 4.00. The number of carbonyl (C=O) groups is 1. The molecule has 0 unspecified atom stereocenters. The van der Waals surface area contributed by atoms with E-state index < -0.39 is 11.4 Å². The lowest BCUT2D eigenvalue weighted by molar-refractivity contribution is -0.142. The van der Waals surface area contributed by atoms with Gasteiger partial charge < -0.3 is 5.11 Å². The summed E-state index contributed by atoms with van der Waals surface area (Å²) in [5, 5.41) is 9.45. The van der Waals surface area contributed by atoms with Gasteiger partial charge in [-0.1, -0.05) is 42.0 Å². The standard InChI is InChI=1S/C13H14O2/c1-10-6-5-9-13(10,12(14)15)11-7-3-2-4-8-11/h2-4,6-8H,5,9H2,1H3,(H,14,15)/t13-/m1/s1. The molecule has 2 heteroatoms. The van der Waals surface area contributed by atoms with Gasteiger partial charge in [0.2, 0.25) is 0 Å². The van der Waals surface area contributed by atoms with Gasteiger partial charge in [0.05, 0.1) is 0 Å². The van der Waals surface area contributed by atoms with E-state index in [1.165, 1.54) is 0 Å². The van der Waals surface area contributed by atoms with Crippen molar-refractivity contribution >= 4 is 5.97 Å². The lowest BCUT2D eigenvalue weighted by Crippen LogP contribution is -2.34. The molecule has 0 fully saturated rings. The van der Waals surface area contributed by atoms with Gasteiger partial charge in [-0.05, 0) is 25.3 Å². The number of rotatable bonds is 2. The molecule has 0 spiro atoms. The highest BCUT2D eigenvalue weighted by Gasteiger charge is 2.43. The molecule has 15 heavy (non-hydrogen) atoms. The molecule has 0 aromatic heterocycles. The molecule has 0 amide bonds. The molecule has 78 valence electrons. The molecule has 1 aromatic carbocycles. The average Bonchev–Trinajstić information content (AvgIpc) is 2.62. The molecule has 1 aromatic rings. The third-order valence-electron chi connectivity index (χ3n) is 3.27. The Morgan fingerprint density at radius 2 is 2.00 bits per heavy atom. The normalized spacial score (nSPS) is 25.0. The minimum absolute atomic E-state index is 0.679. The summed E-state index contributed by atoms with van der Waals surface area (Å²) in [7, 11) is 0. The van der Waals surface area contributed by atoms with Crippen LogP contribution < -0.4 is 0 Å². The number of aliphatic carboxylic acids is 1. The maximum Gasteiger partial charge on any atom is 0.318 e. The van der Waals surface area contributed by atoms with Crippen LogP contribution in [-0.4, -0.2) is 11.1 Å². The van der Waals surface area contributed by atoms with E-state index in [0.29, 0.717) is 6.42 Å². The van der Waals surface area contributed by atoms with Crippen LogP contribution in [-0.2, 0) is 10.2 Å².